The van der Waals surface area contributed by atoms with E-state index in [4.69, 9.17) is 9.47 Å². The lowest BCUT2D eigenvalue weighted by molar-refractivity contribution is -0.149. The fourth-order valence-electron chi connectivity index (χ4n) is 4.81. The number of thioether (sulfide) groups is 1. The van der Waals surface area contributed by atoms with Gasteiger partial charge >= 0.3 is 12.1 Å². The number of hydrogen-bond donors (Lipinski definition) is 2. The molecule has 0 radical (unpaired) electrons. The van der Waals surface area contributed by atoms with Gasteiger partial charge in [0.25, 0.3) is 0 Å². The smallest absolute Gasteiger partial charge is 0.407 e. The highest BCUT2D eigenvalue weighted by Gasteiger charge is 2.43. The minimum Gasteiger partial charge on any atom is -0.480 e. The third-order valence-electron chi connectivity index (χ3n) is 6.50. The van der Waals surface area contributed by atoms with Gasteiger partial charge in [-0.1, -0.05) is 48.5 Å². The lowest BCUT2D eigenvalue weighted by atomic mass is 9.98. The first-order valence-corrected chi connectivity index (χ1v) is 12.0. The van der Waals surface area contributed by atoms with Crippen LogP contribution in [0.2, 0.25) is 0 Å². The van der Waals surface area contributed by atoms with Gasteiger partial charge in [-0.3, -0.25) is 4.79 Å². The third kappa shape index (κ3) is 4.06. The van der Waals surface area contributed by atoms with Gasteiger partial charge < -0.3 is 24.8 Å². The molecule has 0 bridgehead atoms. The Morgan fingerprint density at radius 3 is 2.39 bits per heavy atom. The van der Waals surface area contributed by atoms with Crippen LogP contribution >= 0.6 is 11.8 Å². The average Bonchev–Trinajstić information content (AvgIpc) is 3.55. The summed E-state index contributed by atoms with van der Waals surface area (Å²) < 4.78 is 11.0. The second-order valence-corrected chi connectivity index (χ2v) is 9.38. The van der Waals surface area contributed by atoms with Crippen molar-refractivity contribution in [1.82, 2.24) is 10.2 Å². The molecule has 0 aromatic heterocycles. The normalized spacial score (nSPS) is 23.8. The van der Waals surface area contributed by atoms with Gasteiger partial charge in [0.2, 0.25) is 5.91 Å². The van der Waals surface area contributed by atoms with Gasteiger partial charge in [-0.05, 0) is 22.3 Å². The number of nitrogens with zero attached hydrogens (tertiary/aromatic N) is 1. The van der Waals surface area contributed by atoms with E-state index in [9.17, 15) is 19.5 Å². The fourth-order valence-corrected chi connectivity index (χ4v) is 5.96. The molecule has 5 rings (SSSR count). The highest BCUT2D eigenvalue weighted by molar-refractivity contribution is 7.99. The highest BCUT2D eigenvalue weighted by atomic mass is 32.2. The van der Waals surface area contributed by atoms with Crippen LogP contribution in [0.25, 0.3) is 11.1 Å². The van der Waals surface area contributed by atoms with Crippen LogP contribution in [0.15, 0.2) is 48.5 Å². The number of fused-ring (bicyclic) bond motifs is 3. The van der Waals surface area contributed by atoms with Crippen LogP contribution < -0.4 is 5.32 Å². The number of hydrogen-bond acceptors (Lipinski definition) is 6. The van der Waals surface area contributed by atoms with Crippen molar-refractivity contribution < 1.29 is 29.0 Å². The van der Waals surface area contributed by atoms with E-state index in [2.05, 4.69) is 17.4 Å². The number of alkyl carbamates (subject to hydrolysis) is 1. The Balaban J connectivity index is 1.23. The van der Waals surface area contributed by atoms with E-state index in [0.29, 0.717) is 11.6 Å². The molecule has 2 amide bonds. The molecule has 2 aliphatic heterocycles. The Morgan fingerprint density at radius 1 is 1.06 bits per heavy atom. The van der Waals surface area contributed by atoms with Gasteiger partial charge in [-0.15, -0.1) is 11.8 Å². The first-order chi connectivity index (χ1) is 16.0. The Kier molecular flexibility index (Phi) is 5.99. The summed E-state index contributed by atoms with van der Waals surface area (Å²) in [6, 6.07) is 14.8. The zero-order chi connectivity index (χ0) is 22.9. The molecule has 3 atom stereocenters. The van der Waals surface area contributed by atoms with Crippen LogP contribution in [-0.2, 0) is 19.1 Å². The number of benzene rings is 2. The van der Waals surface area contributed by atoms with Crippen molar-refractivity contribution in [3.05, 3.63) is 59.7 Å². The average molecular weight is 469 g/mol. The molecule has 2 N–H and O–H groups in total. The molecule has 9 heteroatoms. The number of carbonyl (C=O) groups excluding carboxylic acids is 2. The van der Waals surface area contributed by atoms with E-state index in [1.807, 2.05) is 36.4 Å². The van der Waals surface area contributed by atoms with Crippen molar-refractivity contribution in [2.75, 3.05) is 31.5 Å². The fraction of sp³-hybridized carbons (Fsp3) is 0.375. The van der Waals surface area contributed by atoms with Crippen LogP contribution in [0, 0.1) is 5.92 Å². The number of ether oxygens (including phenoxy) is 2. The third-order valence-corrected chi connectivity index (χ3v) is 7.51. The summed E-state index contributed by atoms with van der Waals surface area (Å²) in [7, 11) is 0. The summed E-state index contributed by atoms with van der Waals surface area (Å²) in [4.78, 5) is 38.4. The van der Waals surface area contributed by atoms with E-state index < -0.39 is 30.1 Å². The Hall–Kier alpha value is -3.04. The highest BCUT2D eigenvalue weighted by Crippen LogP contribution is 2.44. The molecule has 172 valence electrons. The van der Waals surface area contributed by atoms with E-state index in [0.717, 1.165) is 22.3 Å². The maximum atomic E-state index is 13.0. The van der Waals surface area contributed by atoms with E-state index in [1.165, 1.54) is 16.7 Å². The van der Waals surface area contributed by atoms with Crippen LogP contribution in [0.4, 0.5) is 4.79 Å². The number of carbonyl (C=O) groups is 3. The van der Waals surface area contributed by atoms with Gasteiger partial charge in [-0.25, -0.2) is 9.59 Å². The van der Waals surface area contributed by atoms with E-state index in [1.54, 1.807) is 0 Å². The summed E-state index contributed by atoms with van der Waals surface area (Å²) in [6.07, 6.45) is -0.615. The van der Waals surface area contributed by atoms with E-state index in [-0.39, 0.29) is 31.6 Å². The molecular formula is C24H24N2O6S. The van der Waals surface area contributed by atoms with Gasteiger partial charge in [0.05, 0.1) is 31.1 Å². The predicted octanol–water partition coefficient (Wildman–Crippen LogP) is 2.53. The second kappa shape index (κ2) is 9.07. The van der Waals surface area contributed by atoms with Gasteiger partial charge in [0.1, 0.15) is 12.6 Å². The number of amides is 2. The molecule has 2 saturated heterocycles. The Labute approximate surface area is 195 Å². The molecule has 0 spiro atoms. The molecule has 3 aliphatic rings. The number of rotatable bonds is 5. The number of carboxylic acid groups (broad SMARTS) is 1. The summed E-state index contributed by atoms with van der Waals surface area (Å²) in [5.74, 6) is -1.34. The molecule has 33 heavy (non-hydrogen) atoms. The van der Waals surface area contributed by atoms with Crippen molar-refractivity contribution in [2.24, 2.45) is 5.92 Å². The predicted molar refractivity (Wildman–Crippen MR) is 122 cm³/mol. The maximum Gasteiger partial charge on any atom is 0.407 e. The van der Waals surface area contributed by atoms with Gasteiger partial charge in [0, 0.05) is 11.7 Å². The van der Waals surface area contributed by atoms with Crippen LogP contribution in [0.5, 0.6) is 0 Å². The molecule has 2 unspecified atom stereocenters. The lowest BCUT2D eigenvalue weighted by Gasteiger charge is -2.26. The van der Waals surface area contributed by atoms with Crippen LogP contribution in [0.1, 0.15) is 17.0 Å². The monoisotopic (exact) mass is 468 g/mol. The molecule has 0 saturated carbocycles. The quantitative estimate of drug-likeness (QED) is 0.695. The molecule has 2 heterocycles. The topological polar surface area (TPSA) is 105 Å². The number of carboxylic acids is 1. The Bertz CT molecular complexity index is 1050. The minimum atomic E-state index is -1.02. The molecular weight excluding hydrogens is 444 g/mol. The van der Waals surface area contributed by atoms with Crippen LogP contribution in [0.3, 0.4) is 0 Å². The first kappa shape index (κ1) is 21.8. The van der Waals surface area contributed by atoms with Gasteiger partial charge in [0.15, 0.2) is 0 Å². The van der Waals surface area contributed by atoms with Crippen LogP contribution in [-0.4, -0.2) is 71.5 Å². The maximum absolute atomic E-state index is 13.0. The molecule has 1 aliphatic carbocycles. The van der Waals surface area contributed by atoms with E-state index >= 15 is 0 Å². The molecule has 8 nitrogen and oxygen atoms in total. The van der Waals surface area contributed by atoms with Gasteiger partial charge in [-0.2, -0.15) is 0 Å². The van der Waals surface area contributed by atoms with Crippen molar-refractivity contribution >= 4 is 29.7 Å². The largest absolute Gasteiger partial charge is 0.480 e. The standard InChI is InChI=1S/C24H24N2O6S/c27-22(26-13-33-12-21(26)23(28)29)19-9-31-11-20(19)25-24(30)32-10-18-16-7-3-1-5-14(16)15-6-2-4-8-17(15)18/h1-8,18-21H,9-13H2,(H,25,30)(H,28,29)/t19?,20?,21-/m0/s1. The number of nitrogens with one attached hydrogen (secondary N) is 1. The van der Waals surface area contributed by atoms with Crippen molar-refractivity contribution in [3.63, 3.8) is 0 Å². The first-order valence-electron chi connectivity index (χ1n) is 10.8. The molecule has 2 aromatic carbocycles. The second-order valence-electron chi connectivity index (χ2n) is 8.38. The van der Waals surface area contributed by atoms with Crippen molar-refractivity contribution in [3.8, 4) is 11.1 Å². The molecule has 2 aromatic rings. The minimum absolute atomic E-state index is 0.0571. The van der Waals surface area contributed by atoms with Crippen molar-refractivity contribution in [2.45, 2.75) is 18.0 Å². The summed E-state index contributed by atoms with van der Waals surface area (Å²) >= 11 is 1.40. The SMILES string of the molecule is O=C(NC1COCC1C(=O)N1CSC[C@H]1C(=O)O)OCC1c2ccccc2-c2ccccc21. The summed E-state index contributed by atoms with van der Waals surface area (Å²) in [6.45, 7) is 0.496. The lowest BCUT2D eigenvalue weighted by Crippen LogP contribution is -2.50. The summed E-state index contributed by atoms with van der Waals surface area (Å²) in [5, 5.41) is 12.1. The van der Waals surface area contributed by atoms with Crippen molar-refractivity contribution in [1.29, 1.82) is 0 Å². The zero-order valence-corrected chi connectivity index (χ0v) is 18.6. The number of aliphatic carboxylic acids is 1. The Morgan fingerprint density at radius 2 is 1.73 bits per heavy atom. The summed E-state index contributed by atoms with van der Waals surface area (Å²) in [5.41, 5.74) is 4.53. The molecule has 2 fully saturated rings. The zero-order valence-electron chi connectivity index (χ0n) is 17.8.